The molecule has 98 valence electrons. The molecule has 4 heteroatoms. The van der Waals surface area contributed by atoms with Gasteiger partial charge in [0.1, 0.15) is 0 Å². The smallest absolute Gasteiger partial charge is 0.0520 e. The van der Waals surface area contributed by atoms with Gasteiger partial charge in [0.2, 0.25) is 0 Å². The van der Waals surface area contributed by atoms with Crippen molar-refractivity contribution in [2.45, 2.75) is 18.9 Å². The van der Waals surface area contributed by atoms with E-state index >= 15 is 0 Å². The topological polar surface area (TPSA) is 12.0 Å². The van der Waals surface area contributed by atoms with Crippen LogP contribution in [-0.2, 0) is 6.42 Å². The molecule has 3 rings (SSSR count). The van der Waals surface area contributed by atoms with E-state index in [-0.39, 0.29) is 0 Å². The maximum atomic E-state index is 6.00. The number of hydrogen-bond acceptors (Lipinski definition) is 1. The highest BCUT2D eigenvalue weighted by molar-refractivity contribution is 14.1. The first-order valence-electron chi connectivity index (χ1n) is 6.14. The number of halogens is 3. The average molecular weight is 449 g/mol. The first-order chi connectivity index (χ1) is 9.15. The minimum Gasteiger partial charge on any atom is -0.377 e. The largest absolute Gasteiger partial charge is 0.377 e. The summed E-state index contributed by atoms with van der Waals surface area (Å²) < 4.78 is 2.38. The van der Waals surface area contributed by atoms with E-state index in [9.17, 15) is 0 Å². The zero-order valence-corrected chi connectivity index (χ0v) is 14.6. The third-order valence-corrected chi connectivity index (χ3v) is 5.34. The van der Waals surface area contributed by atoms with Gasteiger partial charge in [-0.15, -0.1) is 0 Å². The van der Waals surface area contributed by atoms with Gasteiger partial charge in [-0.05, 0) is 70.8 Å². The van der Waals surface area contributed by atoms with Gasteiger partial charge in [0, 0.05) is 18.8 Å². The van der Waals surface area contributed by atoms with Crippen molar-refractivity contribution < 1.29 is 0 Å². The Balaban J connectivity index is 1.89. The number of hydrogen-bond donors (Lipinski definition) is 1. The first-order valence-corrected chi connectivity index (χ1v) is 8.39. The second-order valence-electron chi connectivity index (χ2n) is 4.67. The van der Waals surface area contributed by atoms with Gasteiger partial charge < -0.3 is 5.32 Å². The molecule has 0 heterocycles. The molecule has 0 aliphatic heterocycles. The average Bonchev–Trinajstić information content (AvgIpc) is 2.78. The van der Waals surface area contributed by atoms with E-state index in [0.717, 1.165) is 27.1 Å². The van der Waals surface area contributed by atoms with Crippen LogP contribution in [0.2, 0.25) is 5.02 Å². The van der Waals surface area contributed by atoms with Crippen molar-refractivity contribution >= 4 is 55.8 Å². The normalized spacial score (nSPS) is 17.3. The Morgan fingerprint density at radius 2 is 2.11 bits per heavy atom. The van der Waals surface area contributed by atoms with Crippen LogP contribution in [0.5, 0.6) is 0 Å². The van der Waals surface area contributed by atoms with Gasteiger partial charge in [-0.2, -0.15) is 0 Å². The molecule has 1 atom stereocenters. The van der Waals surface area contributed by atoms with Gasteiger partial charge >= 0.3 is 0 Å². The second-order valence-corrected chi connectivity index (χ2v) is 7.12. The minimum atomic E-state index is 0.391. The summed E-state index contributed by atoms with van der Waals surface area (Å²) in [6.07, 6.45) is 2.26. The SMILES string of the molecule is Clc1ccc(NC2CCc3c(Br)cccc32)c(I)c1. The molecule has 2 aromatic carbocycles. The first kappa shape index (κ1) is 13.7. The lowest BCUT2D eigenvalue weighted by Gasteiger charge is -2.17. The number of fused-ring (bicyclic) bond motifs is 1. The summed E-state index contributed by atoms with van der Waals surface area (Å²) in [5.74, 6) is 0. The molecule has 1 aliphatic rings. The zero-order valence-electron chi connectivity index (χ0n) is 10.1. The molecule has 0 saturated heterocycles. The van der Waals surface area contributed by atoms with Crippen LogP contribution in [0.25, 0.3) is 0 Å². The lowest BCUT2D eigenvalue weighted by molar-refractivity contribution is 0.761. The molecule has 1 aliphatic carbocycles. The van der Waals surface area contributed by atoms with E-state index in [0.29, 0.717) is 6.04 Å². The maximum Gasteiger partial charge on any atom is 0.0520 e. The zero-order chi connectivity index (χ0) is 13.4. The Morgan fingerprint density at radius 1 is 1.26 bits per heavy atom. The second kappa shape index (κ2) is 5.62. The van der Waals surface area contributed by atoms with Crippen molar-refractivity contribution in [1.82, 2.24) is 0 Å². The predicted molar refractivity (Wildman–Crippen MR) is 93.0 cm³/mol. The van der Waals surface area contributed by atoms with Crippen LogP contribution in [0.4, 0.5) is 5.69 Å². The number of nitrogens with one attached hydrogen (secondary N) is 1. The van der Waals surface area contributed by atoms with Gasteiger partial charge in [0.05, 0.1) is 6.04 Å². The van der Waals surface area contributed by atoms with E-state index in [2.05, 4.69) is 68.1 Å². The fourth-order valence-corrected chi connectivity index (χ4v) is 4.16. The third kappa shape index (κ3) is 2.78. The molecular formula is C15H12BrClIN. The Hall–Kier alpha value is -0.260. The summed E-state index contributed by atoms with van der Waals surface area (Å²) in [5.41, 5.74) is 3.99. The predicted octanol–water partition coefficient (Wildman–Crippen LogP) is 5.81. The lowest BCUT2D eigenvalue weighted by Crippen LogP contribution is -2.08. The van der Waals surface area contributed by atoms with Crippen molar-refractivity contribution in [3.05, 3.63) is 60.6 Å². The van der Waals surface area contributed by atoms with Crippen molar-refractivity contribution in [3.8, 4) is 0 Å². The van der Waals surface area contributed by atoms with Gasteiger partial charge in [0.15, 0.2) is 0 Å². The molecule has 2 aromatic rings. The van der Waals surface area contributed by atoms with Crippen LogP contribution >= 0.6 is 50.1 Å². The summed E-state index contributed by atoms with van der Waals surface area (Å²) in [7, 11) is 0. The van der Waals surface area contributed by atoms with E-state index in [4.69, 9.17) is 11.6 Å². The molecule has 1 N–H and O–H groups in total. The van der Waals surface area contributed by atoms with Crippen LogP contribution in [0.15, 0.2) is 40.9 Å². The number of rotatable bonds is 2. The maximum absolute atomic E-state index is 6.00. The summed E-state index contributed by atoms with van der Waals surface area (Å²) in [5, 5.41) is 4.41. The molecule has 0 spiro atoms. The number of anilines is 1. The van der Waals surface area contributed by atoms with Crippen molar-refractivity contribution in [3.63, 3.8) is 0 Å². The summed E-state index contributed by atoms with van der Waals surface area (Å²) in [6.45, 7) is 0. The Morgan fingerprint density at radius 3 is 2.89 bits per heavy atom. The highest BCUT2D eigenvalue weighted by atomic mass is 127. The fourth-order valence-electron chi connectivity index (χ4n) is 2.55. The van der Waals surface area contributed by atoms with Crippen molar-refractivity contribution in [2.75, 3.05) is 5.32 Å². The Labute approximate surface area is 140 Å². The van der Waals surface area contributed by atoms with Crippen molar-refractivity contribution in [2.24, 2.45) is 0 Å². The van der Waals surface area contributed by atoms with Crippen LogP contribution in [0.1, 0.15) is 23.6 Å². The van der Waals surface area contributed by atoms with Crippen molar-refractivity contribution in [1.29, 1.82) is 0 Å². The van der Waals surface area contributed by atoms with E-state index in [1.54, 1.807) is 0 Å². The fraction of sp³-hybridized carbons (Fsp3) is 0.200. The molecule has 1 nitrogen and oxygen atoms in total. The molecule has 0 radical (unpaired) electrons. The third-order valence-electron chi connectivity index (χ3n) is 3.47. The molecule has 19 heavy (non-hydrogen) atoms. The molecule has 0 fully saturated rings. The van der Waals surface area contributed by atoms with Gasteiger partial charge in [-0.25, -0.2) is 0 Å². The van der Waals surface area contributed by atoms with Gasteiger partial charge in [-0.3, -0.25) is 0 Å². The quantitative estimate of drug-likeness (QED) is 0.572. The lowest BCUT2D eigenvalue weighted by atomic mass is 10.1. The summed E-state index contributed by atoms with van der Waals surface area (Å²) in [4.78, 5) is 0. The van der Waals surface area contributed by atoms with Crippen LogP contribution in [0.3, 0.4) is 0 Å². The summed E-state index contributed by atoms with van der Waals surface area (Å²) >= 11 is 12.0. The number of benzene rings is 2. The van der Waals surface area contributed by atoms with E-state index < -0.39 is 0 Å². The van der Waals surface area contributed by atoms with E-state index in [1.807, 2.05) is 12.1 Å². The van der Waals surface area contributed by atoms with E-state index in [1.165, 1.54) is 15.6 Å². The molecule has 0 bridgehead atoms. The van der Waals surface area contributed by atoms with Gasteiger partial charge in [0.25, 0.3) is 0 Å². The van der Waals surface area contributed by atoms with Crippen LogP contribution in [-0.4, -0.2) is 0 Å². The molecule has 0 saturated carbocycles. The van der Waals surface area contributed by atoms with Gasteiger partial charge in [-0.1, -0.05) is 39.7 Å². The standard InChI is InChI=1S/C15H12BrClIN/c16-12-3-1-2-11-10(12)5-7-14(11)19-15-6-4-9(17)8-13(15)18/h1-4,6,8,14,19H,5,7H2. The molecule has 0 aromatic heterocycles. The monoisotopic (exact) mass is 447 g/mol. The Kier molecular flexibility index (Phi) is 4.06. The molecule has 1 unspecified atom stereocenters. The summed E-state index contributed by atoms with van der Waals surface area (Å²) in [6, 6.07) is 12.8. The minimum absolute atomic E-state index is 0.391. The molecule has 0 amide bonds. The Bertz CT molecular complexity index is 630. The molecular weight excluding hydrogens is 436 g/mol. The van der Waals surface area contributed by atoms with Crippen LogP contribution in [0, 0.1) is 3.57 Å². The highest BCUT2D eigenvalue weighted by Gasteiger charge is 2.24. The van der Waals surface area contributed by atoms with Crippen LogP contribution < -0.4 is 5.32 Å². The highest BCUT2D eigenvalue weighted by Crippen LogP contribution is 2.38.